The van der Waals surface area contributed by atoms with Gasteiger partial charge < -0.3 is 24.6 Å². The van der Waals surface area contributed by atoms with E-state index >= 15 is 0 Å². The summed E-state index contributed by atoms with van der Waals surface area (Å²) in [6.07, 6.45) is 0. The molecule has 8 nitrogen and oxygen atoms in total. The highest BCUT2D eigenvalue weighted by molar-refractivity contribution is 5.91. The number of benzene rings is 1. The minimum atomic E-state index is -1.33. The summed E-state index contributed by atoms with van der Waals surface area (Å²) in [7, 11) is 1.60. The fourth-order valence-electron chi connectivity index (χ4n) is 2.45. The van der Waals surface area contributed by atoms with E-state index < -0.39 is 17.4 Å². The molecular weight excluding hydrogens is 326 g/mol. The van der Waals surface area contributed by atoms with Gasteiger partial charge >= 0.3 is 11.8 Å². The number of aromatic nitrogens is 1. The lowest BCUT2D eigenvalue weighted by Gasteiger charge is -2.21. The first-order valence-corrected chi connectivity index (χ1v) is 7.70. The highest BCUT2D eigenvalue weighted by atomic mass is 16.4. The van der Waals surface area contributed by atoms with Gasteiger partial charge in [0.05, 0.1) is 12.1 Å². The van der Waals surface area contributed by atoms with Crippen molar-refractivity contribution in [3.05, 3.63) is 52.4 Å². The van der Waals surface area contributed by atoms with Crippen LogP contribution in [0.15, 0.2) is 44.0 Å². The summed E-state index contributed by atoms with van der Waals surface area (Å²) >= 11 is 0. The number of fused-ring (bicyclic) bond motifs is 1. The zero-order valence-electron chi connectivity index (χ0n) is 14.1. The molecule has 0 radical (unpaired) electrons. The second kappa shape index (κ2) is 6.14. The van der Waals surface area contributed by atoms with Gasteiger partial charge in [0.2, 0.25) is 0 Å². The number of nitrogens with zero attached hydrogens (tertiary/aromatic N) is 1. The Morgan fingerprint density at radius 1 is 1.28 bits per heavy atom. The normalized spacial score (nSPS) is 13.6. The fourth-order valence-corrected chi connectivity index (χ4v) is 2.45. The molecule has 25 heavy (non-hydrogen) atoms. The van der Waals surface area contributed by atoms with Gasteiger partial charge in [-0.15, -0.1) is 0 Å². The van der Waals surface area contributed by atoms with E-state index in [0.29, 0.717) is 28.3 Å². The summed E-state index contributed by atoms with van der Waals surface area (Å²) in [6, 6.07) is 7.81. The lowest BCUT2D eigenvalue weighted by molar-refractivity contribution is 0.0364. The van der Waals surface area contributed by atoms with Crippen LogP contribution in [0.4, 0.5) is 10.5 Å². The number of hydrogen-bond donors (Lipinski definition) is 3. The smallest absolute Gasteiger partial charge is 0.419 e. The summed E-state index contributed by atoms with van der Waals surface area (Å²) in [5, 5.41) is 15.6. The van der Waals surface area contributed by atoms with Crippen LogP contribution >= 0.6 is 0 Å². The van der Waals surface area contributed by atoms with E-state index in [-0.39, 0.29) is 6.54 Å². The van der Waals surface area contributed by atoms with Crippen molar-refractivity contribution < 1.29 is 18.7 Å². The van der Waals surface area contributed by atoms with E-state index in [2.05, 4.69) is 10.6 Å². The van der Waals surface area contributed by atoms with E-state index in [0.717, 1.165) is 0 Å². The van der Waals surface area contributed by atoms with Crippen LogP contribution in [0.3, 0.4) is 0 Å². The Balaban J connectivity index is 1.65. The minimum absolute atomic E-state index is 0.0333. The summed E-state index contributed by atoms with van der Waals surface area (Å²) in [6.45, 7) is 3.29. The number of urea groups is 1. The number of aryl methyl sites for hydroxylation is 2. The highest BCUT2D eigenvalue weighted by Gasteiger charge is 2.27. The van der Waals surface area contributed by atoms with Gasteiger partial charge in [-0.2, -0.15) is 0 Å². The molecule has 1 aromatic carbocycles. The molecule has 3 aromatic rings. The van der Waals surface area contributed by atoms with Crippen LogP contribution in [0.25, 0.3) is 11.1 Å². The highest BCUT2D eigenvalue weighted by Crippen LogP contribution is 2.22. The summed E-state index contributed by atoms with van der Waals surface area (Å²) in [4.78, 5) is 23.5. The third-order valence-electron chi connectivity index (χ3n) is 3.91. The number of aliphatic hydroxyl groups is 1. The van der Waals surface area contributed by atoms with Gasteiger partial charge in [0.1, 0.15) is 17.1 Å². The van der Waals surface area contributed by atoms with Gasteiger partial charge in [0.25, 0.3) is 0 Å². The molecule has 0 spiro atoms. The number of oxazole rings is 1. The maximum absolute atomic E-state index is 12.0. The van der Waals surface area contributed by atoms with Crippen LogP contribution in [-0.2, 0) is 12.6 Å². The minimum Gasteiger partial charge on any atom is -0.463 e. The average molecular weight is 345 g/mol. The molecule has 1 unspecified atom stereocenters. The molecule has 3 N–H and O–H groups in total. The second-order valence-electron chi connectivity index (χ2n) is 6.10. The molecule has 2 aromatic heterocycles. The number of nitrogens with one attached hydrogen (secondary N) is 2. The van der Waals surface area contributed by atoms with Gasteiger partial charge in [-0.3, -0.25) is 4.57 Å². The van der Waals surface area contributed by atoms with Crippen molar-refractivity contribution in [2.45, 2.75) is 19.4 Å². The van der Waals surface area contributed by atoms with E-state index in [4.69, 9.17) is 8.83 Å². The monoisotopic (exact) mass is 345 g/mol. The molecule has 132 valence electrons. The van der Waals surface area contributed by atoms with E-state index in [1.807, 2.05) is 0 Å². The zero-order valence-corrected chi connectivity index (χ0v) is 14.1. The Hall–Kier alpha value is -3.00. The number of hydrogen-bond acceptors (Lipinski definition) is 5. The second-order valence-corrected chi connectivity index (χ2v) is 6.10. The Morgan fingerprint density at radius 3 is 2.72 bits per heavy atom. The summed E-state index contributed by atoms with van der Waals surface area (Å²) < 4.78 is 11.8. The van der Waals surface area contributed by atoms with E-state index in [1.54, 1.807) is 51.2 Å². The average Bonchev–Trinajstić information content (AvgIpc) is 3.10. The van der Waals surface area contributed by atoms with Crippen molar-refractivity contribution in [3.8, 4) is 0 Å². The number of anilines is 1. The third-order valence-corrected chi connectivity index (χ3v) is 3.91. The van der Waals surface area contributed by atoms with Gasteiger partial charge in [-0.1, -0.05) is 0 Å². The SMILES string of the molecule is Cc1ccc(C(C)(O)CNC(=O)Nc2ccc3c(c2)oc(=O)n3C)o1. The third kappa shape index (κ3) is 3.43. The van der Waals surface area contributed by atoms with Crippen LogP contribution < -0.4 is 16.4 Å². The maximum atomic E-state index is 12.0. The first kappa shape index (κ1) is 16.8. The predicted molar refractivity (Wildman–Crippen MR) is 91.5 cm³/mol. The molecular formula is C17H19N3O5. The Kier molecular flexibility index (Phi) is 4.13. The molecule has 0 aliphatic rings. The van der Waals surface area contributed by atoms with Crippen LogP contribution in [0.5, 0.6) is 0 Å². The molecule has 0 saturated carbocycles. The molecule has 2 amide bonds. The van der Waals surface area contributed by atoms with Crippen molar-refractivity contribution >= 4 is 22.8 Å². The first-order valence-electron chi connectivity index (χ1n) is 7.70. The van der Waals surface area contributed by atoms with E-state index in [1.165, 1.54) is 4.57 Å². The Morgan fingerprint density at radius 2 is 2.04 bits per heavy atom. The van der Waals surface area contributed by atoms with Crippen LogP contribution in [0.1, 0.15) is 18.4 Å². The largest absolute Gasteiger partial charge is 0.463 e. The molecule has 2 heterocycles. The molecule has 8 heteroatoms. The van der Waals surface area contributed by atoms with E-state index in [9.17, 15) is 14.7 Å². The van der Waals surface area contributed by atoms with Gasteiger partial charge in [-0.05, 0) is 38.1 Å². The Bertz CT molecular complexity index is 980. The molecule has 3 rings (SSSR count). The van der Waals surface area contributed by atoms with Gasteiger partial charge in [0.15, 0.2) is 5.58 Å². The quantitative estimate of drug-likeness (QED) is 0.670. The van der Waals surface area contributed by atoms with Crippen LogP contribution in [0.2, 0.25) is 0 Å². The molecule has 0 aliphatic carbocycles. The molecule has 0 aliphatic heterocycles. The molecule has 1 atom stereocenters. The number of rotatable bonds is 4. The summed E-state index contributed by atoms with van der Waals surface area (Å²) in [5.41, 5.74) is 0.144. The van der Waals surface area contributed by atoms with Crippen molar-refractivity contribution in [1.29, 1.82) is 0 Å². The number of carbonyl (C=O) groups is 1. The zero-order chi connectivity index (χ0) is 18.2. The van der Waals surface area contributed by atoms with Crippen LogP contribution in [-0.4, -0.2) is 22.2 Å². The van der Waals surface area contributed by atoms with Crippen molar-refractivity contribution in [1.82, 2.24) is 9.88 Å². The number of furan rings is 1. The van der Waals surface area contributed by atoms with Crippen LogP contribution in [0, 0.1) is 6.92 Å². The lowest BCUT2D eigenvalue weighted by atomic mass is 10.0. The van der Waals surface area contributed by atoms with Gasteiger partial charge in [0, 0.05) is 18.8 Å². The van der Waals surface area contributed by atoms with Gasteiger partial charge in [-0.25, -0.2) is 9.59 Å². The summed E-state index contributed by atoms with van der Waals surface area (Å²) in [5.74, 6) is 0.580. The standard InChI is InChI=1S/C17H19N3O5/c1-10-4-7-14(24-10)17(2,23)9-18-15(21)19-11-5-6-12-13(8-11)25-16(22)20(12)3/h4-8,23H,9H2,1-3H3,(H2,18,19,21). The predicted octanol–water partition coefficient (Wildman–Crippen LogP) is 2.06. The molecule has 0 saturated heterocycles. The van der Waals surface area contributed by atoms with Crippen molar-refractivity contribution in [2.24, 2.45) is 7.05 Å². The maximum Gasteiger partial charge on any atom is 0.419 e. The molecule has 0 fully saturated rings. The topological polar surface area (TPSA) is 110 Å². The first-order chi connectivity index (χ1) is 11.8. The Labute approximate surface area is 143 Å². The molecule has 0 bridgehead atoms. The lowest BCUT2D eigenvalue weighted by Crippen LogP contribution is -2.40. The number of carbonyl (C=O) groups excluding carboxylic acids is 1. The van der Waals surface area contributed by atoms with Crippen molar-refractivity contribution in [3.63, 3.8) is 0 Å². The fraction of sp³-hybridized carbons (Fsp3) is 0.294. The number of amides is 2. The van der Waals surface area contributed by atoms with Crippen molar-refractivity contribution in [2.75, 3.05) is 11.9 Å².